The fraction of sp³-hybridized carbons (Fsp3) is 0.100. The molecule has 0 aromatic heterocycles. The Labute approximate surface area is 131 Å². The molecular formula is C20H18N2. The van der Waals surface area contributed by atoms with E-state index in [1.807, 2.05) is 6.07 Å². The Morgan fingerprint density at radius 2 is 1.36 bits per heavy atom. The quantitative estimate of drug-likeness (QED) is 0.707. The number of fused-ring (bicyclic) bond motifs is 1. The summed E-state index contributed by atoms with van der Waals surface area (Å²) in [6, 6.07) is 28.0. The minimum Gasteiger partial charge on any atom is -0.276 e. The minimum atomic E-state index is 0.338. The summed E-state index contributed by atoms with van der Waals surface area (Å²) < 4.78 is 0. The van der Waals surface area contributed by atoms with E-state index in [0.717, 1.165) is 5.69 Å². The molecule has 2 heteroatoms. The maximum atomic E-state index is 3.53. The first-order valence-corrected chi connectivity index (χ1v) is 7.63. The molecule has 1 atom stereocenters. The van der Waals surface area contributed by atoms with Crippen molar-refractivity contribution in [2.24, 2.45) is 0 Å². The largest absolute Gasteiger partial charge is 0.276 e. The Bertz CT molecular complexity index is 778. The molecule has 0 spiro atoms. The molecular weight excluding hydrogens is 268 g/mol. The van der Waals surface area contributed by atoms with Crippen molar-refractivity contribution < 1.29 is 0 Å². The minimum absolute atomic E-state index is 0.338. The van der Waals surface area contributed by atoms with Crippen LogP contribution in [0.15, 0.2) is 78.9 Å². The van der Waals surface area contributed by atoms with E-state index in [1.54, 1.807) is 0 Å². The van der Waals surface area contributed by atoms with Gasteiger partial charge in [0.05, 0.1) is 17.4 Å². The molecule has 0 aliphatic carbocycles. The Balaban J connectivity index is 1.68. The van der Waals surface area contributed by atoms with Crippen molar-refractivity contribution in [3.05, 3.63) is 84.4 Å². The molecule has 0 saturated carbocycles. The second-order valence-corrected chi connectivity index (χ2v) is 5.66. The van der Waals surface area contributed by atoms with E-state index in [0.29, 0.717) is 6.04 Å². The van der Waals surface area contributed by atoms with Crippen LogP contribution in [0, 0.1) is 0 Å². The molecule has 108 valence electrons. The van der Waals surface area contributed by atoms with Gasteiger partial charge in [-0.15, -0.1) is 0 Å². The van der Waals surface area contributed by atoms with Crippen molar-refractivity contribution >= 4 is 11.4 Å². The summed E-state index contributed by atoms with van der Waals surface area (Å²) in [4.78, 5) is 0. The van der Waals surface area contributed by atoms with E-state index in [1.165, 1.54) is 22.4 Å². The van der Waals surface area contributed by atoms with E-state index in [9.17, 15) is 0 Å². The van der Waals surface area contributed by atoms with Gasteiger partial charge in [0.2, 0.25) is 0 Å². The average Bonchev–Trinajstić information content (AvgIpc) is 2.93. The molecule has 22 heavy (non-hydrogen) atoms. The Morgan fingerprint density at radius 1 is 0.727 bits per heavy atom. The number of hydrazine groups is 1. The van der Waals surface area contributed by atoms with Crippen LogP contribution in [-0.2, 0) is 0 Å². The molecule has 1 unspecified atom stereocenters. The van der Waals surface area contributed by atoms with Crippen LogP contribution in [-0.4, -0.2) is 0 Å². The standard InChI is InChI=1S/C20H18N2/c1-15-19-9-5-6-10-20(19)22(21-15)18-13-11-17(12-14-18)16-7-3-2-4-8-16/h2-15,21H,1H3. The van der Waals surface area contributed by atoms with Gasteiger partial charge in [0.25, 0.3) is 0 Å². The maximum absolute atomic E-state index is 3.53. The lowest BCUT2D eigenvalue weighted by atomic mass is 10.1. The van der Waals surface area contributed by atoms with Gasteiger partial charge in [-0.1, -0.05) is 60.7 Å². The lowest BCUT2D eigenvalue weighted by Gasteiger charge is -2.20. The fourth-order valence-corrected chi connectivity index (χ4v) is 3.04. The van der Waals surface area contributed by atoms with Gasteiger partial charge in [-0.25, -0.2) is 5.43 Å². The van der Waals surface area contributed by atoms with Gasteiger partial charge in [-0.2, -0.15) is 0 Å². The Morgan fingerprint density at radius 3 is 2.14 bits per heavy atom. The zero-order chi connectivity index (χ0) is 14.9. The Kier molecular flexibility index (Phi) is 3.17. The van der Waals surface area contributed by atoms with E-state index in [2.05, 4.69) is 90.2 Å². The van der Waals surface area contributed by atoms with Gasteiger partial charge in [0, 0.05) is 0 Å². The number of anilines is 2. The first-order valence-electron chi connectivity index (χ1n) is 7.63. The Hall–Kier alpha value is -2.58. The third-order valence-corrected chi connectivity index (χ3v) is 4.20. The molecule has 2 nitrogen and oxygen atoms in total. The molecule has 0 amide bonds. The van der Waals surface area contributed by atoms with Gasteiger partial charge in [-0.3, -0.25) is 5.01 Å². The smallest absolute Gasteiger partial charge is 0.0626 e. The molecule has 0 radical (unpaired) electrons. The highest BCUT2D eigenvalue weighted by Gasteiger charge is 2.25. The zero-order valence-electron chi connectivity index (χ0n) is 12.5. The summed E-state index contributed by atoms with van der Waals surface area (Å²) in [6.45, 7) is 2.19. The van der Waals surface area contributed by atoms with Gasteiger partial charge in [0.1, 0.15) is 0 Å². The monoisotopic (exact) mass is 286 g/mol. The van der Waals surface area contributed by atoms with Crippen LogP contribution >= 0.6 is 0 Å². The maximum Gasteiger partial charge on any atom is 0.0626 e. The number of nitrogens with zero attached hydrogens (tertiary/aromatic N) is 1. The topological polar surface area (TPSA) is 15.3 Å². The van der Waals surface area contributed by atoms with Gasteiger partial charge in [0.15, 0.2) is 0 Å². The number of nitrogens with one attached hydrogen (secondary N) is 1. The van der Waals surface area contributed by atoms with Crippen molar-refractivity contribution in [3.63, 3.8) is 0 Å². The molecule has 1 aliphatic heterocycles. The van der Waals surface area contributed by atoms with Crippen LogP contribution in [0.1, 0.15) is 18.5 Å². The van der Waals surface area contributed by atoms with Crippen LogP contribution in [0.4, 0.5) is 11.4 Å². The van der Waals surface area contributed by atoms with Crippen LogP contribution < -0.4 is 10.4 Å². The number of hydrogen-bond acceptors (Lipinski definition) is 2. The van der Waals surface area contributed by atoms with Crippen molar-refractivity contribution in [1.82, 2.24) is 5.43 Å². The van der Waals surface area contributed by atoms with E-state index in [-0.39, 0.29) is 0 Å². The molecule has 3 aromatic rings. The predicted molar refractivity (Wildman–Crippen MR) is 92.0 cm³/mol. The second kappa shape index (κ2) is 5.32. The van der Waals surface area contributed by atoms with Crippen molar-refractivity contribution in [2.75, 3.05) is 5.01 Å². The first-order chi connectivity index (χ1) is 10.8. The summed E-state index contributed by atoms with van der Waals surface area (Å²) in [5, 5.41) is 2.18. The highest BCUT2D eigenvalue weighted by atomic mass is 15.5. The number of hydrogen-bond donors (Lipinski definition) is 1. The third kappa shape index (κ3) is 2.18. The van der Waals surface area contributed by atoms with Crippen LogP contribution in [0.3, 0.4) is 0 Å². The fourth-order valence-electron chi connectivity index (χ4n) is 3.04. The number of rotatable bonds is 2. The van der Waals surface area contributed by atoms with Gasteiger partial charge < -0.3 is 0 Å². The number of benzene rings is 3. The van der Waals surface area contributed by atoms with E-state index >= 15 is 0 Å². The van der Waals surface area contributed by atoms with Crippen LogP contribution in [0.5, 0.6) is 0 Å². The molecule has 1 N–H and O–H groups in total. The number of para-hydroxylation sites is 1. The molecule has 1 heterocycles. The third-order valence-electron chi connectivity index (χ3n) is 4.20. The summed E-state index contributed by atoms with van der Waals surface area (Å²) >= 11 is 0. The highest BCUT2D eigenvalue weighted by molar-refractivity contribution is 5.72. The van der Waals surface area contributed by atoms with Crippen molar-refractivity contribution in [2.45, 2.75) is 13.0 Å². The van der Waals surface area contributed by atoms with Crippen molar-refractivity contribution in [3.8, 4) is 11.1 Å². The van der Waals surface area contributed by atoms with E-state index in [4.69, 9.17) is 0 Å². The van der Waals surface area contributed by atoms with Gasteiger partial charge >= 0.3 is 0 Å². The molecule has 0 fully saturated rings. The normalized spacial score (nSPS) is 16.6. The van der Waals surface area contributed by atoms with E-state index < -0.39 is 0 Å². The highest BCUT2D eigenvalue weighted by Crippen LogP contribution is 2.37. The lowest BCUT2D eigenvalue weighted by Crippen LogP contribution is -2.28. The summed E-state index contributed by atoms with van der Waals surface area (Å²) in [5.41, 5.74) is 9.76. The molecule has 0 saturated heterocycles. The summed E-state index contributed by atoms with van der Waals surface area (Å²) in [7, 11) is 0. The van der Waals surface area contributed by atoms with Crippen LogP contribution in [0.2, 0.25) is 0 Å². The summed E-state index contributed by atoms with van der Waals surface area (Å²) in [6.07, 6.45) is 0. The molecule has 4 rings (SSSR count). The lowest BCUT2D eigenvalue weighted by molar-refractivity contribution is 0.634. The average molecular weight is 286 g/mol. The van der Waals surface area contributed by atoms with Crippen molar-refractivity contribution in [1.29, 1.82) is 0 Å². The molecule has 1 aliphatic rings. The van der Waals surface area contributed by atoms with Crippen LogP contribution in [0.25, 0.3) is 11.1 Å². The molecule has 0 bridgehead atoms. The molecule has 3 aromatic carbocycles. The second-order valence-electron chi connectivity index (χ2n) is 5.66. The van der Waals surface area contributed by atoms with Gasteiger partial charge in [-0.05, 0) is 41.8 Å². The first kappa shape index (κ1) is 13.1. The zero-order valence-corrected chi connectivity index (χ0v) is 12.5. The SMILES string of the molecule is CC1NN(c2ccc(-c3ccccc3)cc2)c2ccccc21. The predicted octanol–water partition coefficient (Wildman–Crippen LogP) is 5.07. The summed E-state index contributed by atoms with van der Waals surface area (Å²) in [5.74, 6) is 0.